The van der Waals surface area contributed by atoms with Crippen LogP contribution in [-0.4, -0.2) is 24.2 Å². The minimum Gasteiger partial charge on any atom is -0.236 e. The van der Waals surface area contributed by atoms with Gasteiger partial charge < -0.3 is 0 Å². The van der Waals surface area contributed by atoms with Crippen LogP contribution in [0.1, 0.15) is 0 Å². The van der Waals surface area contributed by atoms with E-state index in [2.05, 4.69) is 15.1 Å². The third kappa shape index (κ3) is 0.554. The maximum atomic E-state index is 4.12. The molecule has 3 rings (SSSR count). The van der Waals surface area contributed by atoms with Gasteiger partial charge in [0.2, 0.25) is 0 Å². The van der Waals surface area contributed by atoms with Crippen molar-refractivity contribution < 1.29 is 0 Å². The predicted octanol–water partition coefficient (Wildman–Crippen LogP) is 0.377. The third-order valence-corrected chi connectivity index (χ3v) is 1.79. The van der Waals surface area contributed by atoms with E-state index in [1.54, 1.807) is 10.8 Å². The summed E-state index contributed by atoms with van der Waals surface area (Å²) in [5.41, 5.74) is 1.69. The Kier molecular flexibility index (Phi) is 0.864. The Morgan fingerprint density at radius 3 is 3.00 bits per heavy atom. The third-order valence-electron chi connectivity index (χ3n) is 1.79. The highest BCUT2D eigenvalue weighted by Gasteiger charge is 1.98. The summed E-state index contributed by atoms with van der Waals surface area (Å²) in [6.07, 6.45) is 5.10. The molecular weight excluding hydrogens is 154 g/mol. The molecule has 3 aromatic heterocycles. The molecule has 0 atom stereocenters. The average Bonchev–Trinajstić information content (AvgIpc) is 2.71. The minimum absolute atomic E-state index is 0.820. The molecule has 58 valence electrons. The van der Waals surface area contributed by atoms with E-state index in [4.69, 9.17) is 0 Å². The Morgan fingerprint density at radius 2 is 2.00 bits per heavy atom. The summed E-state index contributed by atoms with van der Waals surface area (Å²) in [6.45, 7) is 0. The van der Waals surface area contributed by atoms with Crippen LogP contribution in [0.5, 0.6) is 0 Å². The second-order valence-electron chi connectivity index (χ2n) is 2.47. The molecule has 0 aromatic carbocycles. The standard InChI is InChI=1S/C7H5N5/c1-2-7-9-5-10-12(7)11-4-3-8-6(1)11/h1-5H. The van der Waals surface area contributed by atoms with Crippen molar-refractivity contribution in [2.45, 2.75) is 0 Å². The quantitative estimate of drug-likeness (QED) is 0.476. The number of hydrogen-bond acceptors (Lipinski definition) is 3. The first-order valence-electron chi connectivity index (χ1n) is 3.57. The summed E-state index contributed by atoms with van der Waals surface area (Å²) in [7, 11) is 0. The van der Waals surface area contributed by atoms with Crippen LogP contribution in [0.2, 0.25) is 0 Å². The lowest BCUT2D eigenvalue weighted by molar-refractivity contribution is 0.744. The van der Waals surface area contributed by atoms with Crippen LogP contribution in [0.3, 0.4) is 0 Å². The van der Waals surface area contributed by atoms with Gasteiger partial charge in [0.25, 0.3) is 0 Å². The highest BCUT2D eigenvalue weighted by Crippen LogP contribution is 2.02. The van der Waals surface area contributed by atoms with Crippen LogP contribution in [0.4, 0.5) is 0 Å². The molecule has 0 aliphatic carbocycles. The largest absolute Gasteiger partial charge is 0.236 e. The Bertz CT molecular complexity index is 485. The Hall–Kier alpha value is -1.91. The van der Waals surface area contributed by atoms with E-state index in [0.717, 1.165) is 11.3 Å². The number of aromatic nitrogens is 5. The Balaban J connectivity index is 2.71. The van der Waals surface area contributed by atoms with Crippen molar-refractivity contribution in [3.63, 3.8) is 0 Å². The van der Waals surface area contributed by atoms with Crippen molar-refractivity contribution >= 4 is 11.3 Å². The molecule has 0 saturated carbocycles. The van der Waals surface area contributed by atoms with E-state index in [0.29, 0.717) is 0 Å². The Morgan fingerprint density at radius 1 is 1.08 bits per heavy atom. The van der Waals surface area contributed by atoms with E-state index >= 15 is 0 Å². The van der Waals surface area contributed by atoms with E-state index < -0.39 is 0 Å². The Labute approximate surface area is 67.3 Å². The van der Waals surface area contributed by atoms with Crippen molar-refractivity contribution in [1.82, 2.24) is 24.2 Å². The highest BCUT2D eigenvalue weighted by molar-refractivity contribution is 5.45. The molecule has 0 N–H and O–H groups in total. The molecule has 0 radical (unpaired) electrons. The SMILES string of the molecule is c1cn2c(ccc3ncnn32)n1. The van der Waals surface area contributed by atoms with Crippen LogP contribution in [0, 0.1) is 0 Å². The van der Waals surface area contributed by atoms with Gasteiger partial charge in [0.1, 0.15) is 6.33 Å². The first-order valence-corrected chi connectivity index (χ1v) is 3.57. The molecule has 0 spiro atoms. The average molecular weight is 159 g/mol. The van der Waals surface area contributed by atoms with E-state index in [-0.39, 0.29) is 0 Å². The summed E-state index contributed by atoms with van der Waals surface area (Å²) in [6, 6.07) is 3.79. The van der Waals surface area contributed by atoms with Gasteiger partial charge in [-0.25, -0.2) is 14.5 Å². The van der Waals surface area contributed by atoms with Gasteiger partial charge in [-0.05, 0) is 12.1 Å². The summed E-state index contributed by atoms with van der Waals surface area (Å²) in [5, 5.41) is 4.05. The molecule has 0 bridgehead atoms. The second kappa shape index (κ2) is 1.82. The lowest BCUT2D eigenvalue weighted by atomic mass is 10.5. The molecule has 3 aromatic rings. The van der Waals surface area contributed by atoms with Gasteiger partial charge in [-0.1, -0.05) is 0 Å². The molecule has 0 fully saturated rings. The second-order valence-corrected chi connectivity index (χ2v) is 2.47. The van der Waals surface area contributed by atoms with E-state index in [1.165, 1.54) is 6.33 Å². The van der Waals surface area contributed by atoms with Gasteiger partial charge in [-0.2, -0.15) is 0 Å². The van der Waals surface area contributed by atoms with Gasteiger partial charge in [-0.15, -0.1) is 9.73 Å². The minimum atomic E-state index is 0.820. The normalized spacial score (nSPS) is 11.3. The van der Waals surface area contributed by atoms with Crippen molar-refractivity contribution in [3.05, 3.63) is 30.9 Å². The zero-order chi connectivity index (χ0) is 7.97. The van der Waals surface area contributed by atoms with Crippen molar-refractivity contribution in [1.29, 1.82) is 0 Å². The van der Waals surface area contributed by atoms with E-state index in [9.17, 15) is 0 Å². The van der Waals surface area contributed by atoms with Gasteiger partial charge in [0, 0.05) is 12.4 Å². The van der Waals surface area contributed by atoms with Crippen LogP contribution in [0.15, 0.2) is 30.9 Å². The number of hydrogen-bond donors (Lipinski definition) is 0. The molecule has 5 heteroatoms. The van der Waals surface area contributed by atoms with Crippen molar-refractivity contribution in [2.24, 2.45) is 0 Å². The topological polar surface area (TPSA) is 47.5 Å². The summed E-state index contributed by atoms with van der Waals surface area (Å²) < 4.78 is 3.53. The molecule has 0 unspecified atom stereocenters. The van der Waals surface area contributed by atoms with Gasteiger partial charge in [-0.3, -0.25) is 0 Å². The fourth-order valence-corrected chi connectivity index (χ4v) is 1.26. The molecule has 0 aliphatic heterocycles. The smallest absolute Gasteiger partial charge is 0.174 e. The maximum Gasteiger partial charge on any atom is 0.174 e. The summed E-state index contributed by atoms with van der Waals surface area (Å²) in [4.78, 5) is 8.17. The van der Waals surface area contributed by atoms with E-state index in [1.807, 2.05) is 22.8 Å². The lowest BCUT2D eigenvalue weighted by Gasteiger charge is -1.95. The fraction of sp³-hybridized carbons (Fsp3) is 0. The van der Waals surface area contributed by atoms with Crippen LogP contribution < -0.4 is 0 Å². The van der Waals surface area contributed by atoms with Gasteiger partial charge in [0.15, 0.2) is 11.3 Å². The number of fused-ring (bicyclic) bond motifs is 3. The predicted molar refractivity (Wildman–Crippen MR) is 41.7 cm³/mol. The summed E-state index contributed by atoms with van der Waals surface area (Å²) in [5.74, 6) is 0. The number of rotatable bonds is 0. The van der Waals surface area contributed by atoms with Gasteiger partial charge >= 0.3 is 0 Å². The zero-order valence-corrected chi connectivity index (χ0v) is 6.12. The van der Waals surface area contributed by atoms with Crippen molar-refractivity contribution in [2.75, 3.05) is 0 Å². The number of imidazole rings is 1. The van der Waals surface area contributed by atoms with Crippen molar-refractivity contribution in [3.8, 4) is 0 Å². The van der Waals surface area contributed by atoms with Crippen LogP contribution in [-0.2, 0) is 0 Å². The maximum absolute atomic E-state index is 4.12. The van der Waals surface area contributed by atoms with Crippen LogP contribution >= 0.6 is 0 Å². The van der Waals surface area contributed by atoms with Crippen LogP contribution in [0.25, 0.3) is 11.3 Å². The molecule has 0 saturated heterocycles. The fourth-order valence-electron chi connectivity index (χ4n) is 1.26. The lowest BCUT2D eigenvalue weighted by Crippen LogP contribution is -1.99. The highest BCUT2D eigenvalue weighted by atomic mass is 15.5. The monoisotopic (exact) mass is 159 g/mol. The molecule has 3 heterocycles. The zero-order valence-electron chi connectivity index (χ0n) is 6.12. The molecular formula is C7H5N5. The molecule has 12 heavy (non-hydrogen) atoms. The number of nitrogens with zero attached hydrogens (tertiary/aromatic N) is 5. The molecule has 5 nitrogen and oxygen atoms in total. The first kappa shape index (κ1) is 5.70. The molecule has 0 amide bonds. The van der Waals surface area contributed by atoms with Gasteiger partial charge in [0.05, 0.1) is 0 Å². The molecule has 0 aliphatic rings. The summed E-state index contributed by atoms with van der Waals surface area (Å²) >= 11 is 0. The first-order chi connectivity index (χ1) is 5.95.